The van der Waals surface area contributed by atoms with E-state index in [2.05, 4.69) is 11.6 Å². The Hall–Kier alpha value is -3.15. The Bertz CT molecular complexity index is 1320. The molecule has 1 aromatic heterocycles. The second-order valence-electron chi connectivity index (χ2n) is 6.96. The number of fused-ring (bicyclic) bond motifs is 3. The molecule has 4 aromatic rings. The lowest BCUT2D eigenvalue weighted by Crippen LogP contribution is -2.22. The van der Waals surface area contributed by atoms with Gasteiger partial charge in [0.15, 0.2) is 4.80 Å². The first-order valence-corrected chi connectivity index (χ1v) is 10.7. The summed E-state index contributed by atoms with van der Waals surface area (Å²) in [6.07, 6.45) is 1.79. The summed E-state index contributed by atoms with van der Waals surface area (Å²) in [6.45, 7) is 4.39. The molecule has 0 fully saturated rings. The molecule has 30 heavy (non-hydrogen) atoms. The molecule has 6 heteroatoms. The van der Waals surface area contributed by atoms with Crippen LogP contribution in [-0.4, -0.2) is 10.5 Å². The standard InChI is InChI=1S/C24H17ClN2O2S/c1-2-13-27-18-12-11-15(25)14-21(18)30-24(27)26-23(28)22-16-7-3-5-9-19(16)29-20-10-6-4-8-17(20)22/h2-12,14,22H,1,13H2. The Balaban J connectivity index is 1.69. The lowest BCUT2D eigenvalue weighted by molar-refractivity contribution is -0.118. The largest absolute Gasteiger partial charge is 0.457 e. The number of carbonyl (C=O) groups is 1. The van der Waals surface area contributed by atoms with Crippen LogP contribution in [0.2, 0.25) is 5.02 Å². The molecule has 1 amide bonds. The Morgan fingerprint density at radius 2 is 1.77 bits per heavy atom. The highest BCUT2D eigenvalue weighted by Crippen LogP contribution is 2.44. The molecule has 0 saturated carbocycles. The Kier molecular flexibility index (Phi) is 4.77. The maximum atomic E-state index is 13.5. The summed E-state index contributed by atoms with van der Waals surface area (Å²) in [6, 6.07) is 20.9. The van der Waals surface area contributed by atoms with Gasteiger partial charge in [-0.25, -0.2) is 0 Å². The van der Waals surface area contributed by atoms with E-state index in [1.807, 2.05) is 71.3 Å². The predicted molar refractivity (Wildman–Crippen MR) is 120 cm³/mol. The number of hydrogen-bond acceptors (Lipinski definition) is 3. The molecule has 1 aliphatic heterocycles. The van der Waals surface area contributed by atoms with Gasteiger partial charge in [-0.1, -0.05) is 65.4 Å². The average Bonchev–Trinajstić information content (AvgIpc) is 3.08. The van der Waals surface area contributed by atoms with Crippen molar-refractivity contribution in [1.29, 1.82) is 0 Å². The molecule has 4 nitrogen and oxygen atoms in total. The summed E-state index contributed by atoms with van der Waals surface area (Å²) in [5.74, 6) is 0.629. The van der Waals surface area contributed by atoms with E-state index in [4.69, 9.17) is 16.3 Å². The van der Waals surface area contributed by atoms with Crippen LogP contribution in [0.25, 0.3) is 10.2 Å². The Morgan fingerprint density at radius 1 is 1.10 bits per heavy atom. The fourth-order valence-corrected chi connectivity index (χ4v) is 5.09. The zero-order valence-electron chi connectivity index (χ0n) is 15.9. The number of para-hydroxylation sites is 2. The predicted octanol–water partition coefficient (Wildman–Crippen LogP) is 5.91. The van der Waals surface area contributed by atoms with Crippen LogP contribution >= 0.6 is 22.9 Å². The summed E-state index contributed by atoms with van der Waals surface area (Å²) in [5, 5.41) is 0.652. The first kappa shape index (κ1) is 18.9. The molecule has 148 valence electrons. The van der Waals surface area contributed by atoms with E-state index in [-0.39, 0.29) is 5.91 Å². The number of rotatable bonds is 3. The van der Waals surface area contributed by atoms with Gasteiger partial charge in [-0.2, -0.15) is 4.99 Å². The summed E-state index contributed by atoms with van der Waals surface area (Å²) in [7, 11) is 0. The van der Waals surface area contributed by atoms with Crippen LogP contribution in [-0.2, 0) is 11.3 Å². The van der Waals surface area contributed by atoms with E-state index >= 15 is 0 Å². The summed E-state index contributed by atoms with van der Waals surface area (Å²) in [4.78, 5) is 18.7. The number of ether oxygens (including phenoxy) is 1. The minimum atomic E-state index is -0.517. The zero-order chi connectivity index (χ0) is 20.7. The molecule has 0 spiro atoms. The van der Waals surface area contributed by atoms with Gasteiger partial charge < -0.3 is 9.30 Å². The van der Waals surface area contributed by atoms with Gasteiger partial charge in [-0.15, -0.1) is 6.58 Å². The molecular weight excluding hydrogens is 416 g/mol. The van der Waals surface area contributed by atoms with Gasteiger partial charge in [0.1, 0.15) is 11.5 Å². The lowest BCUT2D eigenvalue weighted by Gasteiger charge is -2.25. The van der Waals surface area contributed by atoms with E-state index < -0.39 is 5.92 Å². The van der Waals surface area contributed by atoms with Crippen LogP contribution in [0.15, 0.2) is 84.4 Å². The van der Waals surface area contributed by atoms with Gasteiger partial charge in [-0.05, 0) is 30.3 Å². The van der Waals surface area contributed by atoms with Crippen molar-refractivity contribution in [3.8, 4) is 11.5 Å². The number of nitrogens with zero attached hydrogens (tertiary/aromatic N) is 2. The number of halogens is 1. The molecule has 0 atom stereocenters. The maximum absolute atomic E-state index is 13.5. The molecule has 1 aliphatic rings. The van der Waals surface area contributed by atoms with Crippen molar-refractivity contribution >= 4 is 39.1 Å². The third kappa shape index (κ3) is 3.16. The van der Waals surface area contributed by atoms with Crippen LogP contribution in [0.1, 0.15) is 17.0 Å². The molecule has 0 N–H and O–H groups in total. The Morgan fingerprint density at radius 3 is 2.43 bits per heavy atom. The normalized spacial score (nSPS) is 13.6. The van der Waals surface area contributed by atoms with E-state index in [0.29, 0.717) is 27.9 Å². The molecule has 2 heterocycles. The fraction of sp³-hybridized carbons (Fsp3) is 0.0833. The van der Waals surface area contributed by atoms with Crippen molar-refractivity contribution in [3.05, 3.63) is 100 Å². The van der Waals surface area contributed by atoms with E-state index in [0.717, 1.165) is 21.3 Å². The number of allylic oxidation sites excluding steroid dienone is 1. The summed E-state index contributed by atoms with van der Waals surface area (Å²) < 4.78 is 8.97. The molecule has 0 bridgehead atoms. The minimum Gasteiger partial charge on any atom is -0.457 e. The van der Waals surface area contributed by atoms with Crippen LogP contribution in [0.4, 0.5) is 0 Å². The van der Waals surface area contributed by atoms with E-state index in [9.17, 15) is 4.79 Å². The van der Waals surface area contributed by atoms with Crippen molar-refractivity contribution < 1.29 is 9.53 Å². The first-order valence-electron chi connectivity index (χ1n) is 9.50. The summed E-state index contributed by atoms with van der Waals surface area (Å²) >= 11 is 7.61. The van der Waals surface area contributed by atoms with Crippen molar-refractivity contribution in [1.82, 2.24) is 4.57 Å². The minimum absolute atomic E-state index is 0.228. The second kappa shape index (κ2) is 7.59. The highest BCUT2D eigenvalue weighted by Gasteiger charge is 2.32. The Labute approximate surface area is 182 Å². The molecule has 0 aliphatic carbocycles. The average molecular weight is 433 g/mol. The third-order valence-corrected chi connectivity index (χ3v) is 6.37. The van der Waals surface area contributed by atoms with Gasteiger partial charge in [-0.3, -0.25) is 4.79 Å². The lowest BCUT2D eigenvalue weighted by atomic mass is 9.87. The number of thiazole rings is 1. The SMILES string of the molecule is C=CCn1c(=NC(=O)C2c3ccccc3Oc3ccccc32)sc2cc(Cl)ccc21. The topological polar surface area (TPSA) is 43.6 Å². The molecular formula is C24H17ClN2O2S. The molecule has 0 saturated heterocycles. The van der Waals surface area contributed by atoms with Crippen molar-refractivity contribution in [3.63, 3.8) is 0 Å². The highest BCUT2D eigenvalue weighted by molar-refractivity contribution is 7.16. The number of hydrogen-bond donors (Lipinski definition) is 0. The number of carbonyl (C=O) groups excluding carboxylic acids is 1. The quantitative estimate of drug-likeness (QED) is 0.378. The number of amides is 1. The summed E-state index contributed by atoms with van der Waals surface area (Å²) in [5.41, 5.74) is 2.62. The van der Waals surface area contributed by atoms with Crippen LogP contribution in [0, 0.1) is 0 Å². The van der Waals surface area contributed by atoms with Gasteiger partial charge in [0, 0.05) is 22.7 Å². The fourth-order valence-electron chi connectivity index (χ4n) is 3.77. The maximum Gasteiger partial charge on any atom is 0.260 e. The second-order valence-corrected chi connectivity index (χ2v) is 8.40. The first-order chi connectivity index (χ1) is 14.7. The van der Waals surface area contributed by atoms with Gasteiger partial charge in [0.05, 0.1) is 16.1 Å². The highest BCUT2D eigenvalue weighted by atomic mass is 35.5. The van der Waals surface area contributed by atoms with Crippen LogP contribution < -0.4 is 9.54 Å². The van der Waals surface area contributed by atoms with Crippen molar-refractivity contribution in [2.24, 2.45) is 4.99 Å². The number of aromatic nitrogens is 1. The van der Waals surface area contributed by atoms with Gasteiger partial charge in [0.2, 0.25) is 0 Å². The number of benzene rings is 3. The molecule has 0 unspecified atom stereocenters. The molecule has 5 rings (SSSR count). The van der Waals surface area contributed by atoms with Crippen LogP contribution in [0.5, 0.6) is 11.5 Å². The molecule has 3 aromatic carbocycles. The van der Waals surface area contributed by atoms with E-state index in [1.165, 1.54) is 11.3 Å². The third-order valence-electron chi connectivity index (χ3n) is 5.09. The van der Waals surface area contributed by atoms with Crippen molar-refractivity contribution in [2.45, 2.75) is 12.5 Å². The molecule has 0 radical (unpaired) electrons. The van der Waals surface area contributed by atoms with Gasteiger partial charge in [0.25, 0.3) is 5.91 Å². The van der Waals surface area contributed by atoms with Crippen LogP contribution in [0.3, 0.4) is 0 Å². The van der Waals surface area contributed by atoms with Gasteiger partial charge >= 0.3 is 0 Å². The van der Waals surface area contributed by atoms with E-state index in [1.54, 1.807) is 6.08 Å². The zero-order valence-corrected chi connectivity index (χ0v) is 17.5. The van der Waals surface area contributed by atoms with Crippen molar-refractivity contribution in [2.75, 3.05) is 0 Å². The monoisotopic (exact) mass is 432 g/mol. The smallest absolute Gasteiger partial charge is 0.260 e.